The number of guanidine groups is 1. The van der Waals surface area contributed by atoms with Gasteiger partial charge >= 0.3 is 0 Å². The van der Waals surface area contributed by atoms with E-state index < -0.39 is 0 Å². The third-order valence-corrected chi connectivity index (χ3v) is 1.69. The van der Waals surface area contributed by atoms with Crippen LogP contribution in [0.3, 0.4) is 0 Å². The maximum Gasteiger partial charge on any atom is 0.200 e. The van der Waals surface area contributed by atoms with Crippen molar-refractivity contribution >= 4 is 5.96 Å². The van der Waals surface area contributed by atoms with Crippen LogP contribution >= 0.6 is 0 Å². The molecule has 0 saturated carbocycles. The Hall–Kier alpha value is -0.850. The standard InChI is InChI=1S/C8H22N6/c9-4-1-2-5-12-6-3-7-13-14-8(10)11/h12-13H,1-7,9H2,(H4,10,11,14). The lowest BCUT2D eigenvalue weighted by molar-refractivity contribution is 0.562. The zero-order chi connectivity index (χ0) is 10.6. The van der Waals surface area contributed by atoms with Crippen molar-refractivity contribution in [1.82, 2.24) is 16.2 Å². The normalized spacial score (nSPS) is 10.1. The van der Waals surface area contributed by atoms with Crippen molar-refractivity contribution in [3.05, 3.63) is 0 Å². The molecule has 0 aliphatic carbocycles. The summed E-state index contributed by atoms with van der Waals surface area (Å²) in [7, 11) is 0. The summed E-state index contributed by atoms with van der Waals surface area (Å²) >= 11 is 0. The van der Waals surface area contributed by atoms with Crippen molar-refractivity contribution in [2.24, 2.45) is 11.5 Å². The van der Waals surface area contributed by atoms with Crippen LogP contribution in [0.1, 0.15) is 19.3 Å². The first kappa shape index (κ1) is 13.2. The molecule has 0 aliphatic rings. The van der Waals surface area contributed by atoms with Crippen molar-refractivity contribution in [1.29, 1.82) is 5.41 Å². The van der Waals surface area contributed by atoms with Gasteiger partial charge in [-0.1, -0.05) is 0 Å². The van der Waals surface area contributed by atoms with Crippen LogP contribution in [-0.2, 0) is 0 Å². The SMILES string of the molecule is N=C(N)NNCCCNCCCCN. The van der Waals surface area contributed by atoms with E-state index in [0.717, 1.165) is 45.4 Å². The molecule has 6 nitrogen and oxygen atoms in total. The zero-order valence-electron chi connectivity index (χ0n) is 8.60. The minimum atomic E-state index is -0.0547. The molecular weight excluding hydrogens is 180 g/mol. The fourth-order valence-electron chi connectivity index (χ4n) is 0.979. The van der Waals surface area contributed by atoms with Crippen molar-refractivity contribution in [2.45, 2.75) is 19.3 Å². The third-order valence-electron chi connectivity index (χ3n) is 1.69. The number of rotatable bonds is 9. The summed E-state index contributed by atoms with van der Waals surface area (Å²) in [6, 6.07) is 0. The Morgan fingerprint density at radius 1 is 1.07 bits per heavy atom. The molecule has 0 aromatic heterocycles. The van der Waals surface area contributed by atoms with Crippen LogP contribution in [0, 0.1) is 5.41 Å². The van der Waals surface area contributed by atoms with E-state index in [0.29, 0.717) is 0 Å². The number of hydrogen-bond acceptors (Lipinski definition) is 4. The van der Waals surface area contributed by atoms with Crippen LogP contribution in [0.5, 0.6) is 0 Å². The van der Waals surface area contributed by atoms with Gasteiger partial charge in [-0.25, -0.2) is 5.43 Å². The summed E-state index contributed by atoms with van der Waals surface area (Å²) < 4.78 is 0. The molecule has 0 bridgehead atoms. The molecule has 0 radical (unpaired) electrons. The summed E-state index contributed by atoms with van der Waals surface area (Å²) in [5.74, 6) is -0.0547. The van der Waals surface area contributed by atoms with Gasteiger partial charge in [0.15, 0.2) is 5.96 Å². The van der Waals surface area contributed by atoms with Gasteiger partial charge in [0.2, 0.25) is 0 Å². The van der Waals surface area contributed by atoms with Crippen LogP contribution in [0.15, 0.2) is 0 Å². The fraction of sp³-hybridized carbons (Fsp3) is 0.875. The van der Waals surface area contributed by atoms with E-state index in [1.165, 1.54) is 0 Å². The van der Waals surface area contributed by atoms with E-state index in [9.17, 15) is 0 Å². The Bertz CT molecular complexity index is 138. The minimum absolute atomic E-state index is 0.0547. The average molecular weight is 202 g/mol. The Kier molecular flexibility index (Phi) is 9.61. The zero-order valence-corrected chi connectivity index (χ0v) is 8.60. The monoisotopic (exact) mass is 202 g/mol. The second-order valence-corrected chi connectivity index (χ2v) is 3.06. The largest absolute Gasteiger partial charge is 0.369 e. The maximum atomic E-state index is 6.86. The Morgan fingerprint density at radius 2 is 1.79 bits per heavy atom. The fourth-order valence-corrected chi connectivity index (χ4v) is 0.979. The van der Waals surface area contributed by atoms with Gasteiger partial charge in [-0.3, -0.25) is 10.8 Å². The highest BCUT2D eigenvalue weighted by molar-refractivity contribution is 5.73. The highest BCUT2D eigenvalue weighted by Gasteiger charge is 1.89. The second-order valence-electron chi connectivity index (χ2n) is 3.06. The number of hydrogen-bond donors (Lipinski definition) is 6. The predicted octanol–water partition coefficient (Wildman–Crippen LogP) is -1.31. The van der Waals surface area contributed by atoms with E-state index in [-0.39, 0.29) is 5.96 Å². The molecule has 0 spiro atoms. The molecule has 0 amide bonds. The molecule has 6 heteroatoms. The van der Waals surface area contributed by atoms with Gasteiger partial charge in [0.1, 0.15) is 0 Å². The maximum absolute atomic E-state index is 6.86. The van der Waals surface area contributed by atoms with Crippen LogP contribution in [0.4, 0.5) is 0 Å². The van der Waals surface area contributed by atoms with E-state index in [1.54, 1.807) is 0 Å². The third kappa shape index (κ3) is 11.2. The van der Waals surface area contributed by atoms with Gasteiger partial charge in [0.25, 0.3) is 0 Å². The minimum Gasteiger partial charge on any atom is -0.369 e. The van der Waals surface area contributed by atoms with Crippen molar-refractivity contribution in [3.63, 3.8) is 0 Å². The molecular formula is C8H22N6. The van der Waals surface area contributed by atoms with Gasteiger partial charge in [-0.15, -0.1) is 0 Å². The predicted molar refractivity (Wildman–Crippen MR) is 58.8 cm³/mol. The molecule has 84 valence electrons. The topological polar surface area (TPSA) is 112 Å². The highest BCUT2D eigenvalue weighted by atomic mass is 15.4. The first-order valence-corrected chi connectivity index (χ1v) is 5.01. The van der Waals surface area contributed by atoms with Gasteiger partial charge < -0.3 is 16.8 Å². The number of nitrogens with two attached hydrogens (primary N) is 2. The first-order chi connectivity index (χ1) is 6.77. The molecule has 8 N–H and O–H groups in total. The second kappa shape index (κ2) is 10.2. The van der Waals surface area contributed by atoms with E-state index in [2.05, 4.69) is 16.2 Å². The number of hydrazine groups is 1. The average Bonchev–Trinajstić information content (AvgIpc) is 2.15. The lowest BCUT2D eigenvalue weighted by Crippen LogP contribution is -2.42. The van der Waals surface area contributed by atoms with E-state index in [1.807, 2.05) is 0 Å². The molecule has 0 aromatic rings. The molecule has 0 unspecified atom stereocenters. The van der Waals surface area contributed by atoms with Crippen molar-refractivity contribution < 1.29 is 0 Å². The molecule has 0 rings (SSSR count). The van der Waals surface area contributed by atoms with Gasteiger partial charge in [0, 0.05) is 6.54 Å². The smallest absolute Gasteiger partial charge is 0.200 e. The summed E-state index contributed by atoms with van der Waals surface area (Å²) in [5, 5.41) is 10.2. The summed E-state index contributed by atoms with van der Waals surface area (Å²) in [4.78, 5) is 0. The molecule has 0 aliphatic heterocycles. The molecule has 0 saturated heterocycles. The summed E-state index contributed by atoms with van der Waals surface area (Å²) in [6.07, 6.45) is 3.22. The van der Waals surface area contributed by atoms with E-state index >= 15 is 0 Å². The van der Waals surface area contributed by atoms with Crippen LogP contribution in [0.2, 0.25) is 0 Å². The number of nitrogens with one attached hydrogen (secondary N) is 4. The van der Waals surface area contributed by atoms with Crippen LogP contribution in [-0.4, -0.2) is 32.1 Å². The van der Waals surface area contributed by atoms with Crippen molar-refractivity contribution in [2.75, 3.05) is 26.2 Å². The Morgan fingerprint density at radius 3 is 2.43 bits per heavy atom. The molecule has 0 atom stereocenters. The van der Waals surface area contributed by atoms with Crippen LogP contribution in [0.25, 0.3) is 0 Å². The Balaban J connectivity index is 2.88. The summed E-state index contributed by atoms with van der Waals surface area (Å²) in [6.45, 7) is 3.56. The molecule has 0 heterocycles. The number of unbranched alkanes of at least 4 members (excludes halogenated alkanes) is 1. The quantitative estimate of drug-likeness (QED) is 0.120. The first-order valence-electron chi connectivity index (χ1n) is 5.01. The van der Waals surface area contributed by atoms with Crippen molar-refractivity contribution in [3.8, 4) is 0 Å². The van der Waals surface area contributed by atoms with Crippen LogP contribution < -0.4 is 27.6 Å². The Labute approximate surface area is 85.3 Å². The highest BCUT2D eigenvalue weighted by Crippen LogP contribution is 1.82. The van der Waals surface area contributed by atoms with Gasteiger partial charge in [0.05, 0.1) is 0 Å². The van der Waals surface area contributed by atoms with E-state index in [4.69, 9.17) is 16.9 Å². The van der Waals surface area contributed by atoms with Gasteiger partial charge in [-0.2, -0.15) is 0 Å². The lowest BCUT2D eigenvalue weighted by atomic mass is 10.3. The molecule has 0 fully saturated rings. The lowest BCUT2D eigenvalue weighted by Gasteiger charge is -2.06. The molecule has 14 heavy (non-hydrogen) atoms. The molecule has 0 aromatic carbocycles. The summed E-state index contributed by atoms with van der Waals surface area (Å²) in [5.41, 5.74) is 15.8. The van der Waals surface area contributed by atoms with Gasteiger partial charge in [-0.05, 0) is 38.9 Å².